The van der Waals surface area contributed by atoms with Crippen LogP contribution in [0.5, 0.6) is 0 Å². The molecule has 0 saturated carbocycles. The topological polar surface area (TPSA) is 67.8 Å². The third-order valence-corrected chi connectivity index (χ3v) is 1.68. The molecule has 3 nitrogen and oxygen atoms in total. The molecular formula is C4H6F3NO2S. The van der Waals surface area contributed by atoms with E-state index in [2.05, 4.69) is 5.73 Å². The summed E-state index contributed by atoms with van der Waals surface area (Å²) in [7, 11) is 0. The van der Waals surface area contributed by atoms with Gasteiger partial charge in [-0.25, -0.2) is 0 Å². The van der Waals surface area contributed by atoms with Crippen LogP contribution < -0.4 is 10.8 Å². The molecule has 1 atom stereocenters. The van der Waals surface area contributed by atoms with Crippen molar-refractivity contribution in [1.29, 1.82) is 0 Å². The zero-order chi connectivity index (χ0) is 9.07. The van der Waals surface area contributed by atoms with Crippen molar-refractivity contribution in [3.05, 3.63) is 0 Å². The molecule has 7 heteroatoms. The van der Waals surface area contributed by atoms with Gasteiger partial charge in [-0.3, -0.25) is 0 Å². The molecule has 0 fully saturated rings. The molecule has 0 amide bonds. The lowest BCUT2D eigenvalue weighted by Crippen LogP contribution is -2.69. The number of aliphatic carboxylic acids is 1. The molecule has 3 N–H and O–H groups in total. The van der Waals surface area contributed by atoms with Crippen LogP contribution in [0.25, 0.3) is 0 Å². The molecule has 0 aliphatic heterocycles. The first-order valence-corrected chi connectivity index (χ1v) is 3.56. The molecule has 0 radical (unpaired) electrons. The highest BCUT2D eigenvalue weighted by molar-refractivity contribution is 8.00. The van der Waals surface area contributed by atoms with Gasteiger partial charge in [0.25, 0.3) is 0 Å². The lowest BCUT2D eigenvalue weighted by atomic mass is 10.4. The van der Waals surface area contributed by atoms with E-state index in [1.54, 1.807) is 0 Å². The second-order valence-electron chi connectivity index (χ2n) is 1.77. The number of rotatable bonds is 3. The van der Waals surface area contributed by atoms with Crippen LogP contribution in [0.1, 0.15) is 0 Å². The molecule has 0 aromatic rings. The van der Waals surface area contributed by atoms with Crippen LogP contribution in [0, 0.1) is 0 Å². The summed E-state index contributed by atoms with van der Waals surface area (Å²) in [4.78, 5) is 9.86. The summed E-state index contributed by atoms with van der Waals surface area (Å²) in [5.74, 6) is -2.17. The average molecular weight is 189 g/mol. The number of carboxylic acids is 1. The molecule has 0 unspecified atom stereocenters. The highest BCUT2D eigenvalue weighted by Gasteiger charge is 2.29. The highest BCUT2D eigenvalue weighted by Crippen LogP contribution is 2.29. The van der Waals surface area contributed by atoms with Crippen LogP contribution in [-0.4, -0.2) is 23.3 Å². The molecule has 0 spiro atoms. The predicted molar refractivity (Wildman–Crippen MR) is 30.2 cm³/mol. The number of hydrogen-bond donors (Lipinski definition) is 1. The molecule has 0 rings (SSSR count). The van der Waals surface area contributed by atoms with Crippen molar-refractivity contribution in [3.8, 4) is 0 Å². The molecule has 0 heterocycles. The van der Waals surface area contributed by atoms with E-state index >= 15 is 0 Å². The van der Waals surface area contributed by atoms with Crippen molar-refractivity contribution in [2.45, 2.75) is 11.6 Å². The van der Waals surface area contributed by atoms with Gasteiger partial charge in [-0.05, 0) is 11.8 Å². The minimum absolute atomic E-state index is 0.413. The number of carbonyl (C=O) groups excluding carboxylic acids is 1. The molecule has 0 bridgehead atoms. The number of hydrogen-bond acceptors (Lipinski definition) is 3. The van der Waals surface area contributed by atoms with Crippen molar-refractivity contribution in [1.82, 2.24) is 0 Å². The molecular weight excluding hydrogens is 183 g/mol. The van der Waals surface area contributed by atoms with Gasteiger partial charge >= 0.3 is 5.51 Å². The van der Waals surface area contributed by atoms with E-state index in [1.165, 1.54) is 0 Å². The van der Waals surface area contributed by atoms with E-state index in [9.17, 15) is 23.1 Å². The highest BCUT2D eigenvalue weighted by atomic mass is 32.2. The Morgan fingerprint density at radius 3 is 2.36 bits per heavy atom. The van der Waals surface area contributed by atoms with Gasteiger partial charge in [0.15, 0.2) is 0 Å². The Hall–Kier alpha value is -0.430. The van der Waals surface area contributed by atoms with Gasteiger partial charge in [-0.2, -0.15) is 13.2 Å². The third-order valence-electron chi connectivity index (χ3n) is 0.782. The van der Waals surface area contributed by atoms with Crippen LogP contribution in [0.4, 0.5) is 13.2 Å². The number of alkyl halides is 3. The van der Waals surface area contributed by atoms with Crippen molar-refractivity contribution in [3.63, 3.8) is 0 Å². The lowest BCUT2D eigenvalue weighted by molar-refractivity contribution is -0.431. The monoisotopic (exact) mass is 189 g/mol. The van der Waals surface area contributed by atoms with Crippen LogP contribution in [0.15, 0.2) is 0 Å². The zero-order valence-corrected chi connectivity index (χ0v) is 6.17. The van der Waals surface area contributed by atoms with Gasteiger partial charge in [-0.15, -0.1) is 0 Å². The van der Waals surface area contributed by atoms with E-state index < -0.39 is 35.0 Å². The number of carbonyl (C=O) groups is 1. The second kappa shape index (κ2) is 3.82. The fourth-order valence-electron chi connectivity index (χ4n) is 0.263. The molecule has 66 valence electrons. The van der Waals surface area contributed by atoms with E-state index in [4.69, 9.17) is 0 Å². The fourth-order valence-corrected chi connectivity index (χ4v) is 0.789. The Balaban J connectivity index is 3.63. The number of thioether (sulfide) groups is 1. The van der Waals surface area contributed by atoms with E-state index in [0.717, 1.165) is 0 Å². The van der Waals surface area contributed by atoms with Gasteiger partial charge in [-0.1, -0.05) is 0 Å². The van der Waals surface area contributed by atoms with Gasteiger partial charge in [0.1, 0.15) is 6.04 Å². The summed E-state index contributed by atoms with van der Waals surface area (Å²) in [6, 6.07) is -1.32. The van der Waals surface area contributed by atoms with E-state index in [1.807, 2.05) is 0 Å². The quantitative estimate of drug-likeness (QED) is 0.593. The van der Waals surface area contributed by atoms with Crippen LogP contribution in [-0.2, 0) is 4.79 Å². The van der Waals surface area contributed by atoms with Gasteiger partial charge in [0, 0.05) is 0 Å². The average Bonchev–Trinajstić information content (AvgIpc) is 1.80. The third kappa shape index (κ3) is 5.99. The largest absolute Gasteiger partial charge is 0.544 e. The molecule has 0 aromatic heterocycles. The van der Waals surface area contributed by atoms with Crippen molar-refractivity contribution in [2.75, 3.05) is 5.75 Å². The number of halogens is 3. The molecule has 0 aromatic carbocycles. The van der Waals surface area contributed by atoms with Gasteiger partial charge in [0.2, 0.25) is 0 Å². The summed E-state index contributed by atoms with van der Waals surface area (Å²) >= 11 is -0.413. The second-order valence-corrected chi connectivity index (χ2v) is 2.86. The Morgan fingerprint density at radius 1 is 1.64 bits per heavy atom. The lowest BCUT2D eigenvalue weighted by Gasteiger charge is -2.09. The number of carboxylic acid groups (broad SMARTS) is 1. The Kier molecular flexibility index (Phi) is 3.67. The Morgan fingerprint density at radius 2 is 2.09 bits per heavy atom. The SMILES string of the molecule is [NH3+][C@@H](CSC(F)(F)F)C(=O)[O-]. The summed E-state index contributed by atoms with van der Waals surface area (Å²) in [6.45, 7) is 0. The molecule has 0 aliphatic carbocycles. The van der Waals surface area contributed by atoms with Crippen LogP contribution in [0.3, 0.4) is 0 Å². The summed E-state index contributed by atoms with van der Waals surface area (Å²) in [5.41, 5.74) is -1.44. The predicted octanol–water partition coefficient (Wildman–Crippen LogP) is -1.40. The first-order chi connectivity index (χ1) is 4.83. The molecule has 0 saturated heterocycles. The summed E-state index contributed by atoms with van der Waals surface area (Å²) < 4.78 is 34.2. The minimum atomic E-state index is -4.40. The van der Waals surface area contributed by atoms with Crippen LogP contribution >= 0.6 is 11.8 Å². The standard InChI is InChI=1S/C4H6F3NO2S/c5-4(6,7)11-1-2(8)3(9)10/h2H,1,8H2,(H,9,10)/t2-/m0/s1. The van der Waals surface area contributed by atoms with Crippen molar-refractivity contribution < 1.29 is 28.8 Å². The maximum absolute atomic E-state index is 11.4. The Bertz CT molecular complexity index is 149. The normalized spacial score (nSPS) is 14.5. The zero-order valence-electron chi connectivity index (χ0n) is 5.35. The summed E-state index contributed by atoms with van der Waals surface area (Å²) in [6.07, 6.45) is 0. The Labute approximate surface area is 64.7 Å². The first kappa shape index (κ1) is 10.6. The summed E-state index contributed by atoms with van der Waals surface area (Å²) in [5, 5.41) is 9.86. The smallest absolute Gasteiger partial charge is 0.442 e. The molecule has 0 aliphatic rings. The van der Waals surface area contributed by atoms with Crippen LogP contribution in [0.2, 0.25) is 0 Å². The maximum atomic E-state index is 11.4. The van der Waals surface area contributed by atoms with Crippen molar-refractivity contribution >= 4 is 17.7 Å². The van der Waals surface area contributed by atoms with Gasteiger partial charge < -0.3 is 15.6 Å². The van der Waals surface area contributed by atoms with E-state index in [0.29, 0.717) is 0 Å². The minimum Gasteiger partial charge on any atom is -0.544 e. The van der Waals surface area contributed by atoms with Crippen molar-refractivity contribution in [2.24, 2.45) is 0 Å². The maximum Gasteiger partial charge on any atom is 0.442 e. The van der Waals surface area contributed by atoms with E-state index in [-0.39, 0.29) is 0 Å². The molecule has 11 heavy (non-hydrogen) atoms. The number of quaternary nitrogens is 1. The first-order valence-electron chi connectivity index (χ1n) is 2.57. The fraction of sp³-hybridized carbons (Fsp3) is 0.750. The van der Waals surface area contributed by atoms with Gasteiger partial charge in [0.05, 0.1) is 11.7 Å².